The molecule has 2 aromatic carbocycles. The first-order valence-corrected chi connectivity index (χ1v) is 6.83. The summed E-state index contributed by atoms with van der Waals surface area (Å²) in [5.74, 6) is -0.144. The van der Waals surface area contributed by atoms with E-state index in [0.29, 0.717) is 24.1 Å². The summed E-state index contributed by atoms with van der Waals surface area (Å²) in [7, 11) is 0. The normalized spacial score (nSPS) is 10.1. The number of ketones is 1. The van der Waals surface area contributed by atoms with Gasteiger partial charge in [0, 0.05) is 18.4 Å². The van der Waals surface area contributed by atoms with E-state index >= 15 is 0 Å². The Labute approximate surface area is 123 Å². The highest BCUT2D eigenvalue weighted by atomic mass is 16.3. The molecule has 2 N–H and O–H groups in total. The van der Waals surface area contributed by atoms with Crippen LogP contribution in [0.4, 0.5) is 5.69 Å². The van der Waals surface area contributed by atoms with Crippen LogP contribution in [-0.2, 0) is 4.79 Å². The van der Waals surface area contributed by atoms with Gasteiger partial charge >= 0.3 is 0 Å². The Kier molecular flexibility index (Phi) is 5.10. The zero-order valence-electron chi connectivity index (χ0n) is 11.6. The Balaban J connectivity index is 1.77. The third-order valence-electron chi connectivity index (χ3n) is 3.08. The quantitative estimate of drug-likeness (QED) is 0.631. The molecule has 0 saturated heterocycles. The average molecular weight is 283 g/mol. The lowest BCUT2D eigenvalue weighted by atomic mass is 10.1. The molecule has 2 aromatic rings. The first-order valence-electron chi connectivity index (χ1n) is 6.83. The maximum Gasteiger partial charge on any atom is 0.224 e. The van der Waals surface area contributed by atoms with Crippen molar-refractivity contribution in [2.24, 2.45) is 0 Å². The third kappa shape index (κ3) is 4.45. The van der Waals surface area contributed by atoms with Gasteiger partial charge in [-0.3, -0.25) is 9.59 Å². The molecule has 21 heavy (non-hydrogen) atoms. The minimum Gasteiger partial charge on any atom is -0.506 e. The van der Waals surface area contributed by atoms with Crippen LogP contribution in [0.2, 0.25) is 0 Å². The van der Waals surface area contributed by atoms with E-state index < -0.39 is 0 Å². The summed E-state index contributed by atoms with van der Waals surface area (Å²) in [5.41, 5.74) is 1.05. The van der Waals surface area contributed by atoms with Crippen LogP contribution >= 0.6 is 0 Å². The van der Waals surface area contributed by atoms with Gasteiger partial charge in [0.1, 0.15) is 5.75 Å². The Morgan fingerprint density at radius 1 is 0.905 bits per heavy atom. The Hall–Kier alpha value is -2.62. The highest BCUT2D eigenvalue weighted by Gasteiger charge is 2.08. The van der Waals surface area contributed by atoms with E-state index in [-0.39, 0.29) is 23.9 Å². The number of carbonyl (C=O) groups is 2. The van der Waals surface area contributed by atoms with Crippen LogP contribution in [0, 0.1) is 0 Å². The van der Waals surface area contributed by atoms with Crippen molar-refractivity contribution in [3.63, 3.8) is 0 Å². The van der Waals surface area contributed by atoms with Gasteiger partial charge in [-0.1, -0.05) is 42.5 Å². The molecule has 108 valence electrons. The molecule has 0 aliphatic rings. The highest BCUT2D eigenvalue weighted by Crippen LogP contribution is 2.21. The van der Waals surface area contributed by atoms with Crippen LogP contribution in [-0.4, -0.2) is 16.8 Å². The van der Waals surface area contributed by atoms with E-state index in [1.165, 1.54) is 6.07 Å². The minimum atomic E-state index is -0.211. The van der Waals surface area contributed by atoms with E-state index in [1.54, 1.807) is 30.3 Å². The molecule has 0 aliphatic heterocycles. The van der Waals surface area contributed by atoms with Gasteiger partial charge in [-0.2, -0.15) is 0 Å². The number of anilines is 1. The van der Waals surface area contributed by atoms with Crippen LogP contribution in [0.15, 0.2) is 54.6 Å². The molecule has 4 nitrogen and oxygen atoms in total. The van der Waals surface area contributed by atoms with Crippen molar-refractivity contribution in [2.45, 2.75) is 19.3 Å². The summed E-state index contributed by atoms with van der Waals surface area (Å²) >= 11 is 0. The topological polar surface area (TPSA) is 66.4 Å². The number of carbonyl (C=O) groups excluding carboxylic acids is 2. The second kappa shape index (κ2) is 7.24. The maximum atomic E-state index is 11.9. The van der Waals surface area contributed by atoms with E-state index in [4.69, 9.17) is 0 Å². The summed E-state index contributed by atoms with van der Waals surface area (Å²) < 4.78 is 0. The number of nitrogens with one attached hydrogen (secondary N) is 1. The Morgan fingerprint density at radius 2 is 1.57 bits per heavy atom. The van der Waals surface area contributed by atoms with Crippen LogP contribution in [0.3, 0.4) is 0 Å². The molecule has 0 unspecified atom stereocenters. The number of phenolic OH excluding ortho intramolecular Hbond substituents is 1. The van der Waals surface area contributed by atoms with Crippen LogP contribution in [0.5, 0.6) is 5.75 Å². The number of phenols is 1. The van der Waals surface area contributed by atoms with Crippen molar-refractivity contribution in [3.05, 3.63) is 60.2 Å². The number of Topliss-reactive ketones (excluding diaryl/α,β-unsaturated/α-hetero) is 1. The Bertz CT molecular complexity index is 623. The molecule has 0 saturated carbocycles. The molecule has 0 heterocycles. The number of para-hydroxylation sites is 2. The predicted octanol–water partition coefficient (Wildman–Crippen LogP) is 3.38. The van der Waals surface area contributed by atoms with Gasteiger partial charge in [0.2, 0.25) is 5.91 Å². The molecular formula is C17H17NO3. The lowest BCUT2D eigenvalue weighted by Gasteiger charge is -2.06. The van der Waals surface area contributed by atoms with Crippen LogP contribution in [0.1, 0.15) is 29.6 Å². The van der Waals surface area contributed by atoms with Gasteiger partial charge in [-0.15, -0.1) is 0 Å². The molecule has 0 aromatic heterocycles. The van der Waals surface area contributed by atoms with E-state index in [2.05, 4.69) is 5.32 Å². The number of benzene rings is 2. The minimum absolute atomic E-state index is 0.0333. The zero-order chi connectivity index (χ0) is 15.1. The molecular weight excluding hydrogens is 266 g/mol. The molecule has 0 atom stereocenters. The molecule has 0 spiro atoms. The van der Waals surface area contributed by atoms with Gasteiger partial charge in [-0.25, -0.2) is 0 Å². The fourth-order valence-corrected chi connectivity index (χ4v) is 1.97. The monoisotopic (exact) mass is 283 g/mol. The van der Waals surface area contributed by atoms with E-state index in [1.807, 2.05) is 18.2 Å². The number of hydrogen-bond acceptors (Lipinski definition) is 3. The van der Waals surface area contributed by atoms with Crippen LogP contribution in [0.25, 0.3) is 0 Å². The predicted molar refractivity (Wildman–Crippen MR) is 81.4 cm³/mol. The molecule has 0 radical (unpaired) electrons. The van der Waals surface area contributed by atoms with E-state index in [0.717, 1.165) is 0 Å². The summed E-state index contributed by atoms with van der Waals surface area (Å²) in [4.78, 5) is 23.6. The van der Waals surface area contributed by atoms with Crippen molar-refractivity contribution in [3.8, 4) is 5.75 Å². The smallest absolute Gasteiger partial charge is 0.224 e. The number of hydrogen-bond donors (Lipinski definition) is 2. The molecule has 2 rings (SSSR count). The fraction of sp³-hybridized carbons (Fsp3) is 0.176. The highest BCUT2D eigenvalue weighted by molar-refractivity contribution is 5.96. The van der Waals surface area contributed by atoms with Gasteiger partial charge in [0.05, 0.1) is 5.69 Å². The van der Waals surface area contributed by atoms with Gasteiger partial charge in [0.15, 0.2) is 5.78 Å². The lowest BCUT2D eigenvalue weighted by Crippen LogP contribution is -2.12. The van der Waals surface area contributed by atoms with Crippen molar-refractivity contribution in [1.82, 2.24) is 0 Å². The van der Waals surface area contributed by atoms with Crippen molar-refractivity contribution >= 4 is 17.4 Å². The third-order valence-corrected chi connectivity index (χ3v) is 3.08. The van der Waals surface area contributed by atoms with Crippen LogP contribution < -0.4 is 5.32 Å². The first-order chi connectivity index (χ1) is 10.2. The van der Waals surface area contributed by atoms with Crippen molar-refractivity contribution in [2.75, 3.05) is 5.32 Å². The summed E-state index contributed by atoms with van der Waals surface area (Å²) in [6.45, 7) is 0. The lowest BCUT2D eigenvalue weighted by molar-refractivity contribution is -0.116. The van der Waals surface area contributed by atoms with Gasteiger partial charge < -0.3 is 10.4 Å². The second-order valence-electron chi connectivity index (χ2n) is 4.71. The largest absolute Gasteiger partial charge is 0.506 e. The van der Waals surface area contributed by atoms with E-state index in [9.17, 15) is 14.7 Å². The number of aromatic hydroxyl groups is 1. The zero-order valence-corrected chi connectivity index (χ0v) is 11.6. The summed E-state index contributed by atoms with van der Waals surface area (Å²) in [6.07, 6.45) is 1.05. The first kappa shape index (κ1) is 14.8. The van der Waals surface area contributed by atoms with Gasteiger partial charge in [0.25, 0.3) is 0 Å². The molecule has 0 aliphatic carbocycles. The van der Waals surface area contributed by atoms with Gasteiger partial charge in [-0.05, 0) is 18.6 Å². The maximum absolute atomic E-state index is 11.9. The average Bonchev–Trinajstić information content (AvgIpc) is 2.50. The standard InChI is InChI=1S/C17H17NO3/c19-15(13-7-2-1-3-8-13)11-6-12-17(21)18-14-9-4-5-10-16(14)20/h1-5,7-10,20H,6,11-12H2,(H,18,21). The number of amides is 1. The van der Waals surface area contributed by atoms with Crippen molar-refractivity contribution < 1.29 is 14.7 Å². The summed E-state index contributed by atoms with van der Waals surface area (Å²) in [6, 6.07) is 15.6. The summed E-state index contributed by atoms with van der Waals surface area (Å²) in [5, 5.41) is 12.2. The van der Waals surface area contributed by atoms with Crippen molar-refractivity contribution in [1.29, 1.82) is 0 Å². The Morgan fingerprint density at radius 3 is 2.29 bits per heavy atom. The molecule has 0 fully saturated rings. The molecule has 0 bridgehead atoms. The SMILES string of the molecule is O=C(CCCC(=O)c1ccccc1)Nc1ccccc1O. The fourth-order valence-electron chi connectivity index (χ4n) is 1.97. The molecule has 1 amide bonds. The number of rotatable bonds is 6. The second-order valence-corrected chi connectivity index (χ2v) is 4.71. The molecule has 4 heteroatoms.